The fourth-order valence-electron chi connectivity index (χ4n) is 3.55. The standard InChI is InChI=1S/C21H21N5O/c1-12(2)15-9-14(26-21-19(15)18(27)5-7-23-21)8-13(3)20-16-10-22-6-4-17(16)24-11-25-20/h4-7,9-13H,8H2,1-3H3,(H,23,26,27). The SMILES string of the molecule is CC(C)c1cc(CC(C)c2ncnc3ccncc23)nc2[nH]ccc(=O)c12. The van der Waals surface area contributed by atoms with E-state index in [0.717, 1.165) is 27.9 Å². The first kappa shape index (κ1) is 17.3. The summed E-state index contributed by atoms with van der Waals surface area (Å²) < 4.78 is 0. The van der Waals surface area contributed by atoms with E-state index in [1.165, 1.54) is 0 Å². The number of pyridine rings is 3. The number of nitrogens with one attached hydrogen (secondary N) is 1. The fraction of sp³-hybridized carbons (Fsp3) is 0.286. The van der Waals surface area contributed by atoms with Crippen molar-refractivity contribution in [2.75, 3.05) is 0 Å². The molecule has 1 N–H and O–H groups in total. The number of rotatable bonds is 4. The van der Waals surface area contributed by atoms with Gasteiger partial charge in [0, 0.05) is 41.7 Å². The second-order valence-corrected chi connectivity index (χ2v) is 7.18. The van der Waals surface area contributed by atoms with Gasteiger partial charge in [0.2, 0.25) is 0 Å². The number of hydrogen-bond donors (Lipinski definition) is 1. The molecule has 0 bridgehead atoms. The van der Waals surface area contributed by atoms with Crippen LogP contribution in [-0.4, -0.2) is 24.9 Å². The van der Waals surface area contributed by atoms with Gasteiger partial charge >= 0.3 is 0 Å². The molecule has 27 heavy (non-hydrogen) atoms. The summed E-state index contributed by atoms with van der Waals surface area (Å²) in [5.74, 6) is 0.372. The maximum atomic E-state index is 12.3. The average Bonchev–Trinajstić information content (AvgIpc) is 2.67. The molecule has 1 unspecified atom stereocenters. The van der Waals surface area contributed by atoms with Gasteiger partial charge < -0.3 is 4.98 Å². The summed E-state index contributed by atoms with van der Waals surface area (Å²) in [4.78, 5) is 33.2. The van der Waals surface area contributed by atoms with Crippen molar-refractivity contribution in [2.24, 2.45) is 0 Å². The van der Waals surface area contributed by atoms with Gasteiger partial charge in [0.05, 0.1) is 16.6 Å². The molecule has 0 aliphatic rings. The Morgan fingerprint density at radius 1 is 1.15 bits per heavy atom. The molecule has 1 atom stereocenters. The van der Waals surface area contributed by atoms with E-state index in [1.54, 1.807) is 24.8 Å². The summed E-state index contributed by atoms with van der Waals surface area (Å²) in [7, 11) is 0. The van der Waals surface area contributed by atoms with E-state index in [2.05, 4.69) is 46.8 Å². The van der Waals surface area contributed by atoms with Gasteiger partial charge in [-0.15, -0.1) is 0 Å². The molecule has 4 rings (SSSR count). The highest BCUT2D eigenvalue weighted by molar-refractivity contribution is 5.80. The van der Waals surface area contributed by atoms with E-state index in [-0.39, 0.29) is 17.3 Å². The number of hydrogen-bond acceptors (Lipinski definition) is 5. The maximum Gasteiger partial charge on any atom is 0.191 e. The highest BCUT2D eigenvalue weighted by atomic mass is 16.1. The van der Waals surface area contributed by atoms with Crippen molar-refractivity contribution in [1.29, 1.82) is 0 Å². The zero-order valence-corrected chi connectivity index (χ0v) is 15.6. The number of aromatic nitrogens is 5. The minimum absolute atomic E-state index is 0.00687. The number of H-pyrrole nitrogens is 1. The first-order chi connectivity index (χ1) is 13.0. The van der Waals surface area contributed by atoms with Gasteiger partial charge in [-0.1, -0.05) is 20.8 Å². The lowest BCUT2D eigenvalue weighted by Crippen LogP contribution is -2.10. The first-order valence-corrected chi connectivity index (χ1v) is 9.10. The Labute approximate surface area is 156 Å². The van der Waals surface area contributed by atoms with E-state index >= 15 is 0 Å². The van der Waals surface area contributed by atoms with Crippen molar-refractivity contribution in [3.63, 3.8) is 0 Å². The van der Waals surface area contributed by atoms with Gasteiger partial charge in [0.25, 0.3) is 0 Å². The highest BCUT2D eigenvalue weighted by Crippen LogP contribution is 2.27. The molecule has 4 heterocycles. The lowest BCUT2D eigenvalue weighted by atomic mass is 9.94. The van der Waals surface area contributed by atoms with E-state index < -0.39 is 0 Å². The van der Waals surface area contributed by atoms with Crippen LogP contribution in [0.4, 0.5) is 0 Å². The monoisotopic (exact) mass is 359 g/mol. The molecule has 0 aliphatic heterocycles. The molecule has 0 saturated heterocycles. The van der Waals surface area contributed by atoms with Gasteiger partial charge in [-0.2, -0.15) is 0 Å². The van der Waals surface area contributed by atoms with Crippen LogP contribution in [0.15, 0.2) is 47.9 Å². The summed E-state index contributed by atoms with van der Waals surface area (Å²) >= 11 is 0. The van der Waals surface area contributed by atoms with Gasteiger partial charge in [-0.3, -0.25) is 9.78 Å². The molecule has 0 aliphatic carbocycles. The fourth-order valence-corrected chi connectivity index (χ4v) is 3.55. The van der Waals surface area contributed by atoms with Gasteiger partial charge in [0.15, 0.2) is 5.43 Å². The molecule has 0 fully saturated rings. The second-order valence-electron chi connectivity index (χ2n) is 7.18. The van der Waals surface area contributed by atoms with Crippen molar-refractivity contribution in [3.05, 3.63) is 70.3 Å². The molecule has 0 saturated carbocycles. The number of fused-ring (bicyclic) bond motifs is 2. The van der Waals surface area contributed by atoms with E-state index in [9.17, 15) is 4.79 Å². The summed E-state index contributed by atoms with van der Waals surface area (Å²) in [5, 5.41) is 1.64. The van der Waals surface area contributed by atoms with Gasteiger partial charge in [-0.25, -0.2) is 15.0 Å². The Hall–Kier alpha value is -3.15. The minimum atomic E-state index is 0.00687. The Kier molecular flexibility index (Phi) is 4.39. The molecular weight excluding hydrogens is 338 g/mol. The lowest BCUT2D eigenvalue weighted by Gasteiger charge is -2.15. The molecule has 0 radical (unpaired) electrons. The van der Waals surface area contributed by atoms with Crippen LogP contribution < -0.4 is 5.43 Å². The van der Waals surface area contributed by atoms with Crippen LogP contribution in [0.5, 0.6) is 0 Å². The zero-order valence-electron chi connectivity index (χ0n) is 15.6. The molecule has 4 aromatic heterocycles. The average molecular weight is 359 g/mol. The number of aromatic amines is 1. The van der Waals surface area contributed by atoms with Crippen LogP contribution in [0, 0.1) is 0 Å². The molecule has 136 valence electrons. The van der Waals surface area contributed by atoms with E-state index in [0.29, 0.717) is 17.5 Å². The van der Waals surface area contributed by atoms with Crippen LogP contribution in [0.3, 0.4) is 0 Å². The third-order valence-corrected chi connectivity index (χ3v) is 4.88. The van der Waals surface area contributed by atoms with Crippen LogP contribution in [0.25, 0.3) is 21.9 Å². The third kappa shape index (κ3) is 3.18. The van der Waals surface area contributed by atoms with Crippen LogP contribution >= 0.6 is 0 Å². The molecule has 0 amide bonds. The Bertz CT molecular complexity index is 1180. The van der Waals surface area contributed by atoms with Crippen LogP contribution in [0.1, 0.15) is 49.6 Å². The van der Waals surface area contributed by atoms with Crippen molar-refractivity contribution in [3.8, 4) is 0 Å². The Morgan fingerprint density at radius 2 is 2.00 bits per heavy atom. The van der Waals surface area contributed by atoms with Crippen LogP contribution in [0.2, 0.25) is 0 Å². The zero-order chi connectivity index (χ0) is 19.0. The normalized spacial score (nSPS) is 12.7. The predicted octanol–water partition coefficient (Wildman–Crippen LogP) is 3.73. The first-order valence-electron chi connectivity index (χ1n) is 9.10. The van der Waals surface area contributed by atoms with Crippen LogP contribution in [-0.2, 0) is 6.42 Å². The minimum Gasteiger partial charge on any atom is -0.346 e. The van der Waals surface area contributed by atoms with Gasteiger partial charge in [-0.05, 0) is 30.0 Å². The van der Waals surface area contributed by atoms with Crippen molar-refractivity contribution < 1.29 is 0 Å². The van der Waals surface area contributed by atoms with Crippen molar-refractivity contribution in [1.82, 2.24) is 24.9 Å². The quantitative estimate of drug-likeness (QED) is 0.600. The molecule has 6 heteroatoms. The largest absolute Gasteiger partial charge is 0.346 e. The van der Waals surface area contributed by atoms with Crippen molar-refractivity contribution >= 4 is 21.9 Å². The maximum absolute atomic E-state index is 12.3. The summed E-state index contributed by atoms with van der Waals surface area (Å²) in [6.07, 6.45) is 7.51. The summed E-state index contributed by atoms with van der Waals surface area (Å²) in [6.45, 7) is 6.32. The molecule has 4 aromatic rings. The highest BCUT2D eigenvalue weighted by Gasteiger charge is 2.17. The molecular formula is C21H21N5O. The van der Waals surface area contributed by atoms with Crippen molar-refractivity contribution in [2.45, 2.75) is 39.0 Å². The Morgan fingerprint density at radius 3 is 2.81 bits per heavy atom. The second kappa shape index (κ2) is 6.87. The van der Waals surface area contributed by atoms with Gasteiger partial charge in [0.1, 0.15) is 12.0 Å². The van der Waals surface area contributed by atoms with E-state index in [4.69, 9.17) is 4.98 Å². The molecule has 6 nitrogen and oxygen atoms in total. The smallest absolute Gasteiger partial charge is 0.191 e. The van der Waals surface area contributed by atoms with E-state index in [1.807, 2.05) is 12.3 Å². The topological polar surface area (TPSA) is 84.4 Å². The summed E-state index contributed by atoms with van der Waals surface area (Å²) in [6, 6.07) is 5.50. The lowest BCUT2D eigenvalue weighted by molar-refractivity contribution is 0.719. The third-order valence-electron chi connectivity index (χ3n) is 4.88. The predicted molar refractivity (Wildman–Crippen MR) is 106 cm³/mol. The summed E-state index contributed by atoms with van der Waals surface area (Å²) in [5.41, 5.74) is 4.47. The molecule has 0 spiro atoms. The Balaban J connectivity index is 1.78. The molecule has 0 aromatic carbocycles. The number of nitrogens with zero attached hydrogens (tertiary/aromatic N) is 4.